The molecular weight excluding hydrogens is 378 g/mol. The Morgan fingerprint density at radius 2 is 1.93 bits per heavy atom. The topological polar surface area (TPSA) is 82.8 Å². The maximum atomic E-state index is 12.6. The van der Waals surface area contributed by atoms with Gasteiger partial charge in [-0.05, 0) is 29.3 Å². The summed E-state index contributed by atoms with van der Waals surface area (Å²) in [5.74, 6) is -0.106. The molecule has 4 rings (SSSR count). The van der Waals surface area contributed by atoms with Crippen molar-refractivity contribution in [1.82, 2.24) is 14.6 Å². The Kier molecular flexibility index (Phi) is 4.79. The summed E-state index contributed by atoms with van der Waals surface area (Å²) < 4.78 is 12.0. The first-order valence-corrected chi connectivity index (χ1v) is 9.53. The third kappa shape index (κ3) is 3.34. The zero-order valence-corrected chi connectivity index (χ0v) is 16.2. The standard InChI is InChI=1S/C20H17N3O4S/c1-3-17-22-23-18(24)10-14(21-20(23)28-17)11-27-19(25)15-8-12-6-4-5-7-13(12)9-16(15)26-2/h4-10H,3,11H2,1-2H3. The highest BCUT2D eigenvalue weighted by atomic mass is 32.1. The number of carbonyl (C=O) groups is 1. The van der Waals surface area contributed by atoms with Crippen LogP contribution in [0.4, 0.5) is 0 Å². The predicted molar refractivity (Wildman–Crippen MR) is 106 cm³/mol. The minimum absolute atomic E-state index is 0.111. The Bertz CT molecular complexity index is 1250. The molecule has 0 aliphatic carbocycles. The average Bonchev–Trinajstić information content (AvgIpc) is 3.15. The molecule has 0 amide bonds. The van der Waals surface area contributed by atoms with Crippen molar-refractivity contribution in [2.45, 2.75) is 20.0 Å². The van der Waals surface area contributed by atoms with Crippen LogP contribution in [0.5, 0.6) is 5.75 Å². The van der Waals surface area contributed by atoms with E-state index in [1.54, 1.807) is 12.1 Å². The second kappa shape index (κ2) is 7.40. The van der Waals surface area contributed by atoms with Crippen molar-refractivity contribution >= 4 is 33.0 Å². The van der Waals surface area contributed by atoms with Gasteiger partial charge in [-0.2, -0.15) is 9.61 Å². The molecule has 0 N–H and O–H groups in total. The summed E-state index contributed by atoms with van der Waals surface area (Å²) in [5.41, 5.74) is 0.407. The van der Waals surface area contributed by atoms with Gasteiger partial charge in [-0.1, -0.05) is 42.5 Å². The van der Waals surface area contributed by atoms with Gasteiger partial charge in [0.05, 0.1) is 12.8 Å². The number of hydrogen-bond acceptors (Lipinski definition) is 7. The lowest BCUT2D eigenvalue weighted by Crippen LogP contribution is -2.16. The van der Waals surface area contributed by atoms with Crippen molar-refractivity contribution in [3.05, 3.63) is 69.1 Å². The fourth-order valence-corrected chi connectivity index (χ4v) is 3.74. The van der Waals surface area contributed by atoms with E-state index in [0.29, 0.717) is 22.0 Å². The van der Waals surface area contributed by atoms with Crippen molar-refractivity contribution in [2.75, 3.05) is 7.11 Å². The van der Waals surface area contributed by atoms with Gasteiger partial charge in [0, 0.05) is 6.07 Å². The molecule has 4 aromatic rings. The zero-order valence-electron chi connectivity index (χ0n) is 15.3. The minimum atomic E-state index is -0.539. The monoisotopic (exact) mass is 395 g/mol. The highest BCUT2D eigenvalue weighted by Crippen LogP contribution is 2.26. The Balaban J connectivity index is 1.60. The maximum Gasteiger partial charge on any atom is 0.342 e. The Morgan fingerprint density at radius 3 is 2.64 bits per heavy atom. The van der Waals surface area contributed by atoms with Crippen LogP contribution in [0.15, 0.2) is 47.3 Å². The third-order valence-electron chi connectivity index (χ3n) is 4.28. The van der Waals surface area contributed by atoms with E-state index in [9.17, 15) is 9.59 Å². The smallest absolute Gasteiger partial charge is 0.342 e. The summed E-state index contributed by atoms with van der Waals surface area (Å²) in [4.78, 5) is 29.7. The highest BCUT2D eigenvalue weighted by Gasteiger charge is 2.16. The molecule has 0 saturated heterocycles. The van der Waals surface area contributed by atoms with Gasteiger partial charge in [-0.15, -0.1) is 0 Å². The number of carbonyl (C=O) groups excluding carboxylic acids is 1. The van der Waals surface area contributed by atoms with E-state index >= 15 is 0 Å². The molecule has 0 saturated carbocycles. The number of esters is 1. The van der Waals surface area contributed by atoms with Crippen LogP contribution in [0.2, 0.25) is 0 Å². The van der Waals surface area contributed by atoms with Gasteiger partial charge in [0.15, 0.2) is 0 Å². The molecular formula is C20H17N3O4S. The number of methoxy groups -OCH3 is 1. The van der Waals surface area contributed by atoms with E-state index in [1.165, 1.54) is 29.0 Å². The molecule has 2 aromatic heterocycles. The van der Waals surface area contributed by atoms with Crippen LogP contribution in [0.1, 0.15) is 28.0 Å². The summed E-state index contributed by atoms with van der Waals surface area (Å²) in [6.07, 6.45) is 0.722. The third-order valence-corrected chi connectivity index (χ3v) is 5.33. The number of ether oxygens (including phenoxy) is 2. The van der Waals surface area contributed by atoms with E-state index < -0.39 is 5.97 Å². The molecule has 7 nitrogen and oxygen atoms in total. The molecule has 0 aliphatic rings. The minimum Gasteiger partial charge on any atom is -0.496 e. The van der Waals surface area contributed by atoms with Crippen LogP contribution in [-0.2, 0) is 17.8 Å². The fourth-order valence-electron chi connectivity index (χ4n) is 2.88. The SMILES string of the molecule is CCc1nn2c(=O)cc(COC(=O)c3cc4ccccc4cc3OC)nc2s1. The number of benzene rings is 2. The van der Waals surface area contributed by atoms with Crippen LogP contribution in [0, 0.1) is 0 Å². The maximum absolute atomic E-state index is 12.6. The summed E-state index contributed by atoms with van der Waals surface area (Å²) in [5, 5.41) is 6.89. The van der Waals surface area contributed by atoms with E-state index in [0.717, 1.165) is 22.2 Å². The molecule has 0 bridgehead atoms. The van der Waals surface area contributed by atoms with E-state index in [2.05, 4.69) is 10.1 Å². The Morgan fingerprint density at radius 1 is 1.18 bits per heavy atom. The van der Waals surface area contributed by atoms with Gasteiger partial charge in [0.1, 0.15) is 22.9 Å². The number of aryl methyl sites for hydroxylation is 1. The van der Waals surface area contributed by atoms with Crippen LogP contribution >= 0.6 is 11.3 Å². The second-order valence-corrected chi connectivity index (χ2v) is 7.15. The number of nitrogens with zero attached hydrogens (tertiary/aromatic N) is 3. The van der Waals surface area contributed by atoms with Crippen molar-refractivity contribution < 1.29 is 14.3 Å². The molecule has 142 valence electrons. The molecule has 0 fully saturated rings. The molecule has 0 atom stereocenters. The highest BCUT2D eigenvalue weighted by molar-refractivity contribution is 7.16. The van der Waals surface area contributed by atoms with Crippen molar-refractivity contribution in [1.29, 1.82) is 0 Å². The Labute approximate surface area is 164 Å². The van der Waals surface area contributed by atoms with Gasteiger partial charge in [0.25, 0.3) is 5.56 Å². The molecule has 2 heterocycles. The summed E-state index contributed by atoms with van der Waals surface area (Å²) in [7, 11) is 1.51. The molecule has 0 aliphatic heterocycles. The lowest BCUT2D eigenvalue weighted by Gasteiger charge is -2.10. The van der Waals surface area contributed by atoms with Crippen LogP contribution in [0.3, 0.4) is 0 Å². The lowest BCUT2D eigenvalue weighted by atomic mass is 10.1. The molecule has 28 heavy (non-hydrogen) atoms. The molecule has 2 aromatic carbocycles. The molecule has 0 unspecified atom stereocenters. The van der Waals surface area contributed by atoms with E-state index in [4.69, 9.17) is 9.47 Å². The quantitative estimate of drug-likeness (QED) is 0.483. The average molecular weight is 395 g/mol. The second-order valence-electron chi connectivity index (χ2n) is 6.11. The van der Waals surface area contributed by atoms with E-state index in [-0.39, 0.29) is 12.2 Å². The largest absolute Gasteiger partial charge is 0.496 e. The number of hydrogen-bond donors (Lipinski definition) is 0. The predicted octanol–water partition coefficient (Wildman–Crippen LogP) is 3.23. The van der Waals surface area contributed by atoms with Crippen LogP contribution in [-0.4, -0.2) is 27.7 Å². The lowest BCUT2D eigenvalue weighted by molar-refractivity contribution is 0.0464. The molecule has 0 radical (unpaired) electrons. The van der Waals surface area contributed by atoms with Crippen LogP contribution in [0.25, 0.3) is 15.7 Å². The van der Waals surface area contributed by atoms with Crippen molar-refractivity contribution in [3.63, 3.8) is 0 Å². The normalized spacial score (nSPS) is 11.1. The van der Waals surface area contributed by atoms with Crippen LogP contribution < -0.4 is 10.3 Å². The first-order valence-electron chi connectivity index (χ1n) is 8.71. The van der Waals surface area contributed by atoms with Crippen molar-refractivity contribution in [2.24, 2.45) is 0 Å². The number of aromatic nitrogens is 3. The summed E-state index contributed by atoms with van der Waals surface area (Å²) >= 11 is 1.34. The number of fused-ring (bicyclic) bond motifs is 2. The van der Waals surface area contributed by atoms with Gasteiger partial charge < -0.3 is 9.47 Å². The zero-order chi connectivity index (χ0) is 19.7. The molecule has 0 spiro atoms. The Hall–Kier alpha value is -3.26. The van der Waals surface area contributed by atoms with Gasteiger partial charge in [-0.3, -0.25) is 4.79 Å². The first-order chi connectivity index (χ1) is 13.6. The number of rotatable bonds is 5. The fraction of sp³-hybridized carbons (Fsp3) is 0.200. The molecule has 8 heteroatoms. The van der Waals surface area contributed by atoms with Crippen molar-refractivity contribution in [3.8, 4) is 5.75 Å². The van der Waals surface area contributed by atoms with E-state index in [1.807, 2.05) is 31.2 Å². The first kappa shape index (κ1) is 18.1. The van der Waals surface area contributed by atoms with Gasteiger partial charge in [0.2, 0.25) is 4.96 Å². The summed E-state index contributed by atoms with van der Waals surface area (Å²) in [6.45, 7) is 1.85. The van der Waals surface area contributed by atoms with Gasteiger partial charge >= 0.3 is 5.97 Å². The van der Waals surface area contributed by atoms with Gasteiger partial charge in [-0.25, -0.2) is 9.78 Å². The summed E-state index contributed by atoms with van der Waals surface area (Å²) in [6, 6.07) is 12.5.